The first-order valence-corrected chi connectivity index (χ1v) is 14.7. The molecule has 0 bridgehead atoms. The monoisotopic (exact) mass is 592 g/mol. The van der Waals surface area contributed by atoms with E-state index >= 15 is 0 Å². The largest absolute Gasteiger partial charge is 0.494 e. The van der Waals surface area contributed by atoms with Crippen LogP contribution in [0.5, 0.6) is 5.75 Å². The summed E-state index contributed by atoms with van der Waals surface area (Å²) >= 11 is 0. The second kappa shape index (κ2) is 13.3. The number of fused-ring (bicyclic) bond motifs is 1. The van der Waals surface area contributed by atoms with E-state index in [1.807, 2.05) is 31.2 Å². The molecule has 220 valence electrons. The molecule has 0 unspecified atom stereocenters. The highest BCUT2D eigenvalue weighted by Crippen LogP contribution is 2.22. The summed E-state index contributed by atoms with van der Waals surface area (Å²) in [4.78, 5) is 40.4. The number of hydrogen-bond acceptors (Lipinski definition) is 7. The Kier molecular flexibility index (Phi) is 9.60. The zero-order valence-electron chi connectivity index (χ0n) is 23.3. The van der Waals surface area contributed by atoms with Crippen LogP contribution in [0.25, 0.3) is 10.9 Å². The Morgan fingerprint density at radius 3 is 2.19 bits per heavy atom. The minimum atomic E-state index is -4.16. The molecule has 0 aliphatic rings. The standard InChI is InChI=1S/C30H32N4O7S/c1-4-40-24-13-15-25(16-14-24)42(38,39)34-28(17-21-18-31-27-8-6-5-7-26(21)27)30(37)41-19(2)29(36)33-23-11-9-22(10-12-23)32-20(3)35/h5-16,18-19,28,31,34H,4,17H2,1-3H3,(H,32,35)(H,33,36)/t19-,28+/m1/s1. The van der Waals surface area contributed by atoms with E-state index in [2.05, 4.69) is 20.3 Å². The molecule has 2 atom stereocenters. The van der Waals surface area contributed by atoms with Gasteiger partial charge in [-0.15, -0.1) is 0 Å². The smallest absolute Gasteiger partial charge is 0.325 e. The highest BCUT2D eigenvalue weighted by atomic mass is 32.2. The van der Waals surface area contributed by atoms with Crippen molar-refractivity contribution in [3.63, 3.8) is 0 Å². The van der Waals surface area contributed by atoms with Gasteiger partial charge < -0.3 is 25.1 Å². The summed E-state index contributed by atoms with van der Waals surface area (Å²) in [7, 11) is -4.16. The predicted molar refractivity (Wildman–Crippen MR) is 159 cm³/mol. The van der Waals surface area contributed by atoms with Gasteiger partial charge in [-0.1, -0.05) is 18.2 Å². The molecule has 11 nitrogen and oxygen atoms in total. The molecule has 0 aliphatic carbocycles. The van der Waals surface area contributed by atoms with Crippen molar-refractivity contribution in [1.29, 1.82) is 0 Å². The summed E-state index contributed by atoms with van der Waals surface area (Å²) in [5.74, 6) is -1.25. The normalized spacial score (nSPS) is 12.7. The minimum absolute atomic E-state index is 0.0297. The molecular weight excluding hydrogens is 560 g/mol. The van der Waals surface area contributed by atoms with Gasteiger partial charge in [-0.3, -0.25) is 14.4 Å². The number of aromatic nitrogens is 1. The fourth-order valence-electron chi connectivity index (χ4n) is 4.22. The van der Waals surface area contributed by atoms with Gasteiger partial charge in [0.25, 0.3) is 5.91 Å². The van der Waals surface area contributed by atoms with Crippen LogP contribution in [0.1, 0.15) is 26.3 Å². The lowest BCUT2D eigenvalue weighted by Crippen LogP contribution is -2.45. The van der Waals surface area contributed by atoms with E-state index < -0.39 is 34.0 Å². The highest BCUT2D eigenvalue weighted by Gasteiger charge is 2.31. The molecule has 1 aromatic heterocycles. The third-order valence-electron chi connectivity index (χ3n) is 6.26. The highest BCUT2D eigenvalue weighted by molar-refractivity contribution is 7.89. The van der Waals surface area contributed by atoms with Crippen LogP contribution in [0.15, 0.2) is 83.9 Å². The first-order chi connectivity index (χ1) is 20.1. The van der Waals surface area contributed by atoms with Crippen LogP contribution in [0.4, 0.5) is 11.4 Å². The molecule has 2 amide bonds. The number of nitrogens with one attached hydrogen (secondary N) is 4. The molecule has 0 aliphatic heterocycles. The Hall–Kier alpha value is -4.68. The van der Waals surface area contributed by atoms with Crippen LogP contribution in [-0.2, 0) is 35.6 Å². The van der Waals surface area contributed by atoms with Crippen LogP contribution in [0, 0.1) is 0 Å². The van der Waals surface area contributed by atoms with Crippen LogP contribution in [0.3, 0.4) is 0 Å². The molecule has 0 saturated carbocycles. The molecule has 4 N–H and O–H groups in total. The van der Waals surface area contributed by atoms with Gasteiger partial charge in [0, 0.05) is 41.8 Å². The number of carbonyl (C=O) groups excluding carboxylic acids is 3. The zero-order valence-corrected chi connectivity index (χ0v) is 24.2. The third kappa shape index (κ3) is 7.74. The molecule has 0 saturated heterocycles. The summed E-state index contributed by atoms with van der Waals surface area (Å²) in [5, 5.41) is 6.09. The number of rotatable bonds is 12. The van der Waals surface area contributed by atoms with Crippen molar-refractivity contribution in [2.45, 2.75) is 44.2 Å². The van der Waals surface area contributed by atoms with Gasteiger partial charge in [-0.2, -0.15) is 4.72 Å². The van der Waals surface area contributed by atoms with Crippen molar-refractivity contribution in [2.24, 2.45) is 0 Å². The Morgan fingerprint density at radius 1 is 0.905 bits per heavy atom. The van der Waals surface area contributed by atoms with E-state index in [1.165, 1.54) is 38.1 Å². The molecule has 4 rings (SSSR count). The number of amides is 2. The number of hydrogen-bond donors (Lipinski definition) is 4. The number of carbonyl (C=O) groups is 3. The Labute approximate surface area is 243 Å². The molecule has 0 fully saturated rings. The molecular formula is C30H32N4O7S. The molecule has 0 spiro atoms. The summed E-state index contributed by atoms with van der Waals surface area (Å²) in [6.45, 7) is 5.02. The van der Waals surface area contributed by atoms with Crippen molar-refractivity contribution < 1.29 is 32.3 Å². The van der Waals surface area contributed by atoms with Crippen molar-refractivity contribution in [2.75, 3.05) is 17.2 Å². The predicted octanol–water partition coefficient (Wildman–Crippen LogP) is 3.99. The summed E-state index contributed by atoms with van der Waals surface area (Å²) in [6, 6.07) is 18.3. The number of benzene rings is 3. The average Bonchev–Trinajstić information content (AvgIpc) is 3.36. The van der Waals surface area contributed by atoms with Gasteiger partial charge in [0.2, 0.25) is 15.9 Å². The fraction of sp³-hybridized carbons (Fsp3) is 0.233. The second-order valence-corrected chi connectivity index (χ2v) is 11.2. The van der Waals surface area contributed by atoms with Gasteiger partial charge in [0.1, 0.15) is 11.8 Å². The number of anilines is 2. The molecule has 3 aromatic carbocycles. The Balaban J connectivity index is 1.51. The zero-order chi connectivity index (χ0) is 30.3. The van der Waals surface area contributed by atoms with Crippen molar-refractivity contribution in [3.8, 4) is 5.75 Å². The van der Waals surface area contributed by atoms with E-state index in [0.717, 1.165) is 10.9 Å². The number of ether oxygens (including phenoxy) is 2. The lowest BCUT2D eigenvalue weighted by atomic mass is 10.1. The van der Waals surface area contributed by atoms with Gasteiger partial charge >= 0.3 is 5.97 Å². The van der Waals surface area contributed by atoms with E-state index in [-0.39, 0.29) is 17.2 Å². The maximum atomic E-state index is 13.4. The average molecular weight is 593 g/mol. The molecule has 42 heavy (non-hydrogen) atoms. The summed E-state index contributed by atoms with van der Waals surface area (Å²) in [6.07, 6.45) is 0.433. The Morgan fingerprint density at radius 2 is 1.55 bits per heavy atom. The lowest BCUT2D eigenvalue weighted by molar-refractivity contribution is -0.154. The molecule has 12 heteroatoms. The second-order valence-electron chi connectivity index (χ2n) is 9.47. The van der Waals surface area contributed by atoms with E-state index in [0.29, 0.717) is 29.3 Å². The van der Waals surface area contributed by atoms with E-state index in [4.69, 9.17) is 9.47 Å². The quantitative estimate of drug-likeness (QED) is 0.181. The van der Waals surface area contributed by atoms with E-state index in [1.54, 1.807) is 30.5 Å². The van der Waals surface area contributed by atoms with Crippen LogP contribution >= 0.6 is 0 Å². The Bertz CT molecular complexity index is 1670. The van der Waals surface area contributed by atoms with Gasteiger partial charge in [0.15, 0.2) is 6.10 Å². The number of aromatic amines is 1. The number of esters is 1. The van der Waals surface area contributed by atoms with Crippen molar-refractivity contribution in [3.05, 3.63) is 84.6 Å². The van der Waals surface area contributed by atoms with E-state index in [9.17, 15) is 22.8 Å². The molecule has 4 aromatic rings. The van der Waals surface area contributed by atoms with Gasteiger partial charge in [-0.25, -0.2) is 8.42 Å². The topological polar surface area (TPSA) is 156 Å². The SMILES string of the molecule is CCOc1ccc(S(=O)(=O)N[C@@H](Cc2c[nH]c3ccccc23)C(=O)O[C@H](C)C(=O)Nc2ccc(NC(C)=O)cc2)cc1. The fourth-order valence-corrected chi connectivity index (χ4v) is 5.41. The lowest BCUT2D eigenvalue weighted by Gasteiger charge is -2.20. The first kappa shape index (κ1) is 30.3. The van der Waals surface area contributed by atoms with Gasteiger partial charge in [-0.05, 0) is 74.0 Å². The van der Waals surface area contributed by atoms with Crippen molar-refractivity contribution >= 4 is 50.1 Å². The van der Waals surface area contributed by atoms with Crippen LogP contribution in [-0.4, -0.2) is 49.9 Å². The summed E-state index contributed by atoms with van der Waals surface area (Å²) in [5.41, 5.74) is 2.49. The van der Waals surface area contributed by atoms with Crippen LogP contribution in [0.2, 0.25) is 0 Å². The number of sulfonamides is 1. The van der Waals surface area contributed by atoms with Crippen molar-refractivity contribution in [1.82, 2.24) is 9.71 Å². The molecule has 0 radical (unpaired) electrons. The minimum Gasteiger partial charge on any atom is -0.494 e. The maximum absolute atomic E-state index is 13.4. The number of H-pyrrole nitrogens is 1. The number of para-hydroxylation sites is 1. The first-order valence-electron chi connectivity index (χ1n) is 13.2. The molecule has 1 heterocycles. The van der Waals surface area contributed by atoms with Gasteiger partial charge in [0.05, 0.1) is 11.5 Å². The van der Waals surface area contributed by atoms with Crippen LogP contribution < -0.4 is 20.1 Å². The third-order valence-corrected chi connectivity index (χ3v) is 7.75. The summed E-state index contributed by atoms with van der Waals surface area (Å²) < 4.78 is 39.9. The maximum Gasteiger partial charge on any atom is 0.325 e.